The van der Waals surface area contributed by atoms with Crippen LogP contribution in [0.1, 0.15) is 51.2 Å². The molecule has 1 aliphatic heterocycles. The molecule has 2 aromatic carbocycles. The van der Waals surface area contributed by atoms with E-state index in [1.165, 1.54) is 12.3 Å². The number of carbonyl (C=O) groups excluding carboxylic acids is 3. The van der Waals surface area contributed by atoms with Gasteiger partial charge in [0.1, 0.15) is 16.4 Å². The molecule has 4 rings (SSSR count). The number of para-hydroxylation sites is 1. The number of carbonyl (C=O) groups is 3. The maximum atomic E-state index is 13.1. The van der Waals surface area contributed by atoms with Crippen molar-refractivity contribution < 1.29 is 23.9 Å². The number of alkyl carbamates (subject to hydrolysis) is 1. The molecular weight excluding hydrogens is 596 g/mol. The molecule has 3 aromatic rings. The number of nitrogens with one attached hydrogen (secondary N) is 3. The second-order valence-electron chi connectivity index (χ2n) is 11.5. The van der Waals surface area contributed by atoms with Gasteiger partial charge in [0.25, 0.3) is 0 Å². The predicted octanol–water partition coefficient (Wildman–Crippen LogP) is 6.51. The number of nitrogens with zero attached hydrogens (tertiary/aromatic N) is 3. The van der Waals surface area contributed by atoms with Gasteiger partial charge in [-0.1, -0.05) is 36.4 Å². The van der Waals surface area contributed by atoms with E-state index in [2.05, 4.69) is 32.5 Å². The van der Waals surface area contributed by atoms with Gasteiger partial charge in [0.15, 0.2) is 11.6 Å². The molecule has 0 spiro atoms. The quantitative estimate of drug-likeness (QED) is 0.151. The molecule has 0 unspecified atom stereocenters. The third-order valence-corrected chi connectivity index (χ3v) is 7.21. The van der Waals surface area contributed by atoms with Crippen LogP contribution in [0.2, 0.25) is 5.02 Å². The Morgan fingerprint density at radius 2 is 1.89 bits per heavy atom. The molecule has 11 nitrogen and oxygen atoms in total. The van der Waals surface area contributed by atoms with Gasteiger partial charge < -0.3 is 30.3 Å². The molecule has 0 saturated carbocycles. The van der Waals surface area contributed by atoms with Crippen molar-refractivity contribution in [2.45, 2.75) is 58.5 Å². The summed E-state index contributed by atoms with van der Waals surface area (Å²) >= 11 is 6.44. The molecule has 12 heteroatoms. The summed E-state index contributed by atoms with van der Waals surface area (Å²) in [6.45, 7) is 9.76. The number of hydrogen-bond donors (Lipinski definition) is 3. The van der Waals surface area contributed by atoms with Gasteiger partial charge in [0, 0.05) is 37.2 Å². The summed E-state index contributed by atoms with van der Waals surface area (Å²) in [6, 6.07) is 11.1. The first kappa shape index (κ1) is 33.3. The first-order valence-corrected chi connectivity index (χ1v) is 15.1. The smallest absolute Gasteiger partial charge is 0.407 e. The molecule has 0 fully saturated rings. The van der Waals surface area contributed by atoms with E-state index in [0.717, 1.165) is 16.8 Å². The summed E-state index contributed by atoms with van der Waals surface area (Å²) < 4.78 is 11.2. The molecule has 45 heavy (non-hydrogen) atoms. The summed E-state index contributed by atoms with van der Waals surface area (Å²) in [5.41, 5.74) is 3.16. The van der Waals surface area contributed by atoms with Gasteiger partial charge in [0.2, 0.25) is 11.9 Å². The second kappa shape index (κ2) is 14.9. The van der Waals surface area contributed by atoms with Crippen molar-refractivity contribution in [1.82, 2.24) is 15.3 Å². The van der Waals surface area contributed by atoms with E-state index >= 15 is 0 Å². The molecule has 2 heterocycles. The number of methoxy groups -OCH3 is 1. The van der Waals surface area contributed by atoms with Crippen molar-refractivity contribution in [3.8, 4) is 5.75 Å². The van der Waals surface area contributed by atoms with Crippen LogP contribution in [0, 0.1) is 0 Å². The summed E-state index contributed by atoms with van der Waals surface area (Å²) in [7, 11) is 1.58. The van der Waals surface area contributed by atoms with Gasteiger partial charge >= 0.3 is 6.09 Å². The molecule has 238 valence electrons. The van der Waals surface area contributed by atoms with Crippen LogP contribution in [0.3, 0.4) is 0 Å². The normalized spacial score (nSPS) is 12.9. The molecule has 0 atom stereocenters. The number of anilines is 5. The fraction of sp³-hybridized carbons (Fsp3) is 0.364. The summed E-state index contributed by atoms with van der Waals surface area (Å²) in [4.78, 5) is 47.8. The van der Waals surface area contributed by atoms with Gasteiger partial charge in [-0.15, -0.1) is 0 Å². The minimum absolute atomic E-state index is 0.0144. The lowest BCUT2D eigenvalue weighted by atomic mass is 10.0. The highest BCUT2D eigenvalue weighted by Gasteiger charge is 2.26. The fourth-order valence-corrected chi connectivity index (χ4v) is 5.07. The Labute approximate surface area is 268 Å². The van der Waals surface area contributed by atoms with Crippen LogP contribution < -0.4 is 25.6 Å². The van der Waals surface area contributed by atoms with Crippen LogP contribution in [-0.2, 0) is 27.2 Å². The van der Waals surface area contributed by atoms with Crippen molar-refractivity contribution >= 4 is 58.2 Å². The number of aromatic nitrogens is 2. The van der Waals surface area contributed by atoms with E-state index in [1.807, 2.05) is 36.4 Å². The van der Waals surface area contributed by atoms with Crippen molar-refractivity contribution in [3.63, 3.8) is 0 Å². The summed E-state index contributed by atoms with van der Waals surface area (Å²) in [5, 5.41) is 9.50. The Kier molecular flexibility index (Phi) is 11.0. The van der Waals surface area contributed by atoms with Crippen LogP contribution in [0.5, 0.6) is 5.75 Å². The molecule has 2 amide bonds. The summed E-state index contributed by atoms with van der Waals surface area (Å²) in [6.07, 6.45) is 4.73. The molecule has 0 aliphatic carbocycles. The highest BCUT2D eigenvalue weighted by atomic mass is 35.5. The minimum Gasteiger partial charge on any atom is -0.494 e. The van der Waals surface area contributed by atoms with E-state index in [-0.39, 0.29) is 24.1 Å². The van der Waals surface area contributed by atoms with E-state index in [4.69, 9.17) is 21.1 Å². The molecular formula is C33H39ClN6O5. The highest BCUT2D eigenvalue weighted by Crippen LogP contribution is 2.40. The van der Waals surface area contributed by atoms with Crippen molar-refractivity contribution in [2.24, 2.45) is 0 Å². The molecule has 1 aliphatic rings. The van der Waals surface area contributed by atoms with Crippen LogP contribution in [0.15, 0.2) is 55.3 Å². The number of allylic oxidation sites excluding steroid dienone is 1. The van der Waals surface area contributed by atoms with Gasteiger partial charge in [0.05, 0.1) is 24.7 Å². The number of benzene rings is 2. The summed E-state index contributed by atoms with van der Waals surface area (Å²) in [5.74, 6) is 1.13. The van der Waals surface area contributed by atoms with Crippen LogP contribution in [0.4, 0.5) is 33.6 Å². The van der Waals surface area contributed by atoms with Gasteiger partial charge in [-0.2, -0.15) is 4.98 Å². The Bertz CT molecular complexity index is 1570. The second-order valence-corrected chi connectivity index (χ2v) is 11.9. The maximum Gasteiger partial charge on any atom is 0.407 e. The average molecular weight is 635 g/mol. The van der Waals surface area contributed by atoms with Gasteiger partial charge in [-0.25, -0.2) is 9.78 Å². The number of halogens is 1. The van der Waals surface area contributed by atoms with Crippen LogP contribution in [-0.4, -0.2) is 53.6 Å². The maximum absolute atomic E-state index is 13.1. The standard InChI is InChI=1S/C33H39ClN6O5/c1-6-22(41)19-21-11-7-8-13-25(21)37-30-24(34)20-36-31(39-30)38-26-15-16-27-23(29(26)44-5)12-9-14-28(42)40(27)18-10-17-35-32(43)45-33(2,3)4/h6-8,11,13,15-16,20H,1,9-10,12,14,17-19H2,2-5H3,(H,35,43)(H2,36,37,38,39). The van der Waals surface area contributed by atoms with Crippen molar-refractivity contribution in [2.75, 3.05) is 35.7 Å². The number of amides is 2. The zero-order valence-electron chi connectivity index (χ0n) is 26.0. The lowest BCUT2D eigenvalue weighted by Gasteiger charge is -2.25. The molecule has 3 N–H and O–H groups in total. The van der Waals surface area contributed by atoms with E-state index in [0.29, 0.717) is 66.7 Å². The number of ketones is 1. The Morgan fingerprint density at radius 3 is 2.62 bits per heavy atom. The Balaban J connectivity index is 1.53. The SMILES string of the molecule is C=CC(=O)Cc1ccccc1Nc1nc(Nc2ccc3c(c2OC)CCCC(=O)N3CCCNC(=O)OC(C)(C)C)ncc1Cl. The number of ether oxygens (including phenoxy) is 2. The lowest BCUT2D eigenvalue weighted by Crippen LogP contribution is -2.36. The molecule has 1 aromatic heterocycles. The Morgan fingerprint density at radius 1 is 1.11 bits per heavy atom. The first-order valence-electron chi connectivity index (χ1n) is 14.8. The average Bonchev–Trinajstić information content (AvgIpc) is 3.14. The fourth-order valence-electron chi connectivity index (χ4n) is 4.94. The van der Waals surface area contributed by atoms with E-state index in [9.17, 15) is 14.4 Å². The third-order valence-electron chi connectivity index (χ3n) is 6.93. The zero-order valence-corrected chi connectivity index (χ0v) is 26.8. The van der Waals surface area contributed by atoms with Gasteiger partial charge in [-0.3, -0.25) is 9.59 Å². The molecule has 0 radical (unpaired) electrons. The molecule has 0 bridgehead atoms. The monoisotopic (exact) mass is 634 g/mol. The van der Waals surface area contributed by atoms with Crippen LogP contribution >= 0.6 is 11.6 Å². The minimum atomic E-state index is -0.584. The topological polar surface area (TPSA) is 135 Å². The highest BCUT2D eigenvalue weighted by molar-refractivity contribution is 6.33. The number of fused-ring (bicyclic) bond motifs is 1. The van der Waals surface area contributed by atoms with Gasteiger partial charge in [-0.05, 0) is 69.9 Å². The van der Waals surface area contributed by atoms with Crippen molar-refractivity contribution in [1.29, 1.82) is 0 Å². The zero-order chi connectivity index (χ0) is 32.6. The number of hydrogen-bond acceptors (Lipinski definition) is 9. The first-order chi connectivity index (χ1) is 21.5. The van der Waals surface area contributed by atoms with Crippen molar-refractivity contribution in [3.05, 3.63) is 71.4 Å². The molecule has 0 saturated heterocycles. The lowest BCUT2D eigenvalue weighted by molar-refractivity contribution is -0.118. The largest absolute Gasteiger partial charge is 0.494 e. The third kappa shape index (κ3) is 8.95. The Hall–Kier alpha value is -4.64. The predicted molar refractivity (Wildman–Crippen MR) is 176 cm³/mol. The van der Waals surface area contributed by atoms with Crippen LogP contribution in [0.25, 0.3) is 0 Å². The number of rotatable bonds is 12. The van der Waals surface area contributed by atoms with E-state index < -0.39 is 11.7 Å². The van der Waals surface area contributed by atoms with E-state index in [1.54, 1.807) is 32.8 Å².